The van der Waals surface area contributed by atoms with Gasteiger partial charge in [0.1, 0.15) is 0 Å². The van der Waals surface area contributed by atoms with Crippen LogP contribution in [-0.2, 0) is 26.0 Å². The zero-order chi connectivity index (χ0) is 20.6. The SMILES string of the molecule is CNS(=O)(=O)c1ccc(CCC(=O)NNC(=O)CNc2ccc(C)cc2)cc1. The molecule has 2 amide bonds. The van der Waals surface area contributed by atoms with Crippen molar-refractivity contribution < 1.29 is 18.0 Å². The van der Waals surface area contributed by atoms with Gasteiger partial charge in [0, 0.05) is 12.1 Å². The molecule has 2 aromatic rings. The molecule has 150 valence electrons. The van der Waals surface area contributed by atoms with E-state index in [0.717, 1.165) is 16.8 Å². The highest BCUT2D eigenvalue weighted by Crippen LogP contribution is 2.11. The zero-order valence-electron chi connectivity index (χ0n) is 15.8. The quantitative estimate of drug-likeness (QED) is 0.492. The maximum Gasteiger partial charge on any atom is 0.257 e. The summed E-state index contributed by atoms with van der Waals surface area (Å²) in [4.78, 5) is 23.8. The molecule has 0 unspecified atom stereocenters. The van der Waals surface area contributed by atoms with Crippen molar-refractivity contribution >= 4 is 27.5 Å². The lowest BCUT2D eigenvalue weighted by Crippen LogP contribution is -2.44. The van der Waals surface area contributed by atoms with Crippen LogP contribution in [0.5, 0.6) is 0 Å². The number of rotatable bonds is 8. The van der Waals surface area contributed by atoms with Crippen molar-refractivity contribution in [2.45, 2.75) is 24.7 Å². The maximum absolute atomic E-state index is 11.9. The summed E-state index contributed by atoms with van der Waals surface area (Å²) in [6.45, 7) is 2.01. The molecule has 0 aliphatic rings. The number of anilines is 1. The Kier molecular flexibility index (Phi) is 7.53. The summed E-state index contributed by atoms with van der Waals surface area (Å²) in [6, 6.07) is 13.9. The number of carbonyl (C=O) groups is 2. The topological polar surface area (TPSA) is 116 Å². The Hall–Kier alpha value is -2.91. The molecule has 0 atom stereocenters. The molecule has 0 aliphatic carbocycles. The number of carbonyl (C=O) groups excluding carboxylic acids is 2. The zero-order valence-corrected chi connectivity index (χ0v) is 16.6. The first kappa shape index (κ1) is 21.4. The number of hydrogen-bond donors (Lipinski definition) is 4. The van der Waals surface area contributed by atoms with Gasteiger partial charge >= 0.3 is 0 Å². The summed E-state index contributed by atoms with van der Waals surface area (Å²) in [5.41, 5.74) is 7.47. The van der Waals surface area contributed by atoms with E-state index in [9.17, 15) is 18.0 Å². The Balaban J connectivity index is 1.70. The second-order valence-corrected chi connectivity index (χ2v) is 8.05. The average Bonchev–Trinajstić information content (AvgIpc) is 2.70. The first-order chi connectivity index (χ1) is 13.3. The lowest BCUT2D eigenvalue weighted by molar-refractivity contribution is -0.128. The lowest BCUT2D eigenvalue weighted by Gasteiger charge is -2.09. The molecule has 0 saturated heterocycles. The molecule has 0 aromatic heterocycles. The highest BCUT2D eigenvalue weighted by Gasteiger charge is 2.11. The molecule has 2 rings (SSSR count). The van der Waals surface area contributed by atoms with Crippen LogP contribution in [0.1, 0.15) is 17.5 Å². The fraction of sp³-hybridized carbons (Fsp3) is 0.263. The third-order valence-corrected chi connectivity index (χ3v) is 5.42. The molecule has 0 radical (unpaired) electrons. The Morgan fingerprint density at radius 2 is 1.50 bits per heavy atom. The molecule has 0 bridgehead atoms. The molecule has 4 N–H and O–H groups in total. The minimum atomic E-state index is -3.47. The predicted molar refractivity (Wildman–Crippen MR) is 107 cm³/mol. The van der Waals surface area contributed by atoms with Gasteiger partial charge in [0.25, 0.3) is 5.91 Å². The molecule has 9 heteroatoms. The van der Waals surface area contributed by atoms with Crippen molar-refractivity contribution in [2.24, 2.45) is 0 Å². The molecule has 0 saturated carbocycles. The molecule has 0 spiro atoms. The molecular weight excluding hydrogens is 380 g/mol. The van der Waals surface area contributed by atoms with Crippen molar-refractivity contribution in [2.75, 3.05) is 18.9 Å². The van der Waals surface area contributed by atoms with E-state index in [-0.39, 0.29) is 29.7 Å². The molecule has 0 aliphatic heterocycles. The van der Waals surface area contributed by atoms with Gasteiger partial charge in [-0.25, -0.2) is 13.1 Å². The Bertz CT molecular complexity index is 910. The summed E-state index contributed by atoms with van der Waals surface area (Å²) in [7, 11) is -2.13. The van der Waals surface area contributed by atoms with E-state index in [2.05, 4.69) is 20.9 Å². The highest BCUT2D eigenvalue weighted by molar-refractivity contribution is 7.89. The fourth-order valence-corrected chi connectivity index (χ4v) is 3.04. The third-order valence-electron chi connectivity index (χ3n) is 3.99. The second kappa shape index (κ2) is 9.86. The Labute approximate surface area is 164 Å². The van der Waals surface area contributed by atoms with E-state index in [1.165, 1.54) is 19.2 Å². The van der Waals surface area contributed by atoms with Crippen LogP contribution in [0.25, 0.3) is 0 Å². The fourth-order valence-electron chi connectivity index (χ4n) is 2.31. The van der Waals surface area contributed by atoms with Gasteiger partial charge in [-0.15, -0.1) is 0 Å². The van der Waals surface area contributed by atoms with E-state index < -0.39 is 10.0 Å². The molecular formula is C19H24N4O4S. The van der Waals surface area contributed by atoms with Crippen LogP contribution in [0.2, 0.25) is 0 Å². The van der Waals surface area contributed by atoms with Crippen LogP contribution >= 0.6 is 0 Å². The first-order valence-corrected chi connectivity index (χ1v) is 10.2. The average molecular weight is 404 g/mol. The van der Waals surface area contributed by atoms with Gasteiger partial charge in [0.05, 0.1) is 11.4 Å². The van der Waals surface area contributed by atoms with Gasteiger partial charge in [-0.2, -0.15) is 0 Å². The summed E-state index contributed by atoms with van der Waals surface area (Å²) in [5, 5.41) is 2.96. The van der Waals surface area contributed by atoms with Crippen LogP contribution in [0.3, 0.4) is 0 Å². The third kappa shape index (κ3) is 6.67. The summed E-state index contributed by atoms with van der Waals surface area (Å²) in [5.74, 6) is -0.703. The first-order valence-electron chi connectivity index (χ1n) is 8.71. The summed E-state index contributed by atoms with van der Waals surface area (Å²) < 4.78 is 25.6. The minimum Gasteiger partial charge on any atom is -0.376 e. The number of hydrazine groups is 1. The molecule has 8 nitrogen and oxygen atoms in total. The van der Waals surface area contributed by atoms with Crippen molar-refractivity contribution in [1.29, 1.82) is 0 Å². The van der Waals surface area contributed by atoms with Crippen molar-refractivity contribution in [3.8, 4) is 0 Å². The van der Waals surface area contributed by atoms with Gasteiger partial charge in [0.2, 0.25) is 15.9 Å². The normalized spacial score (nSPS) is 10.9. The van der Waals surface area contributed by atoms with Gasteiger partial charge < -0.3 is 5.32 Å². The molecule has 0 heterocycles. The standard InChI is InChI=1S/C19H24N4O4S/c1-14-3-8-16(9-4-14)21-13-19(25)23-22-18(24)12-7-15-5-10-17(11-6-15)28(26,27)20-2/h3-6,8-11,20-21H,7,12-13H2,1-2H3,(H,22,24)(H,23,25). The second-order valence-electron chi connectivity index (χ2n) is 6.17. The molecule has 28 heavy (non-hydrogen) atoms. The number of nitrogens with one attached hydrogen (secondary N) is 4. The Morgan fingerprint density at radius 3 is 2.11 bits per heavy atom. The van der Waals surface area contributed by atoms with Gasteiger partial charge in [-0.05, 0) is 50.2 Å². The van der Waals surface area contributed by atoms with E-state index in [0.29, 0.717) is 6.42 Å². The number of benzene rings is 2. The van der Waals surface area contributed by atoms with Crippen LogP contribution in [0.15, 0.2) is 53.4 Å². The van der Waals surface area contributed by atoms with E-state index in [4.69, 9.17) is 0 Å². The smallest absolute Gasteiger partial charge is 0.257 e. The lowest BCUT2D eigenvalue weighted by atomic mass is 10.1. The highest BCUT2D eigenvalue weighted by atomic mass is 32.2. The minimum absolute atomic E-state index is 0.0325. The van der Waals surface area contributed by atoms with Gasteiger partial charge in [-0.3, -0.25) is 20.4 Å². The van der Waals surface area contributed by atoms with Crippen LogP contribution in [-0.4, -0.2) is 33.8 Å². The molecule has 0 fully saturated rings. The van der Waals surface area contributed by atoms with E-state index >= 15 is 0 Å². The number of aryl methyl sites for hydroxylation is 2. The van der Waals surface area contributed by atoms with Crippen molar-refractivity contribution in [3.63, 3.8) is 0 Å². The van der Waals surface area contributed by atoms with Crippen LogP contribution in [0, 0.1) is 6.92 Å². The van der Waals surface area contributed by atoms with Crippen molar-refractivity contribution in [1.82, 2.24) is 15.6 Å². The van der Waals surface area contributed by atoms with Crippen LogP contribution < -0.4 is 20.9 Å². The molecule has 2 aromatic carbocycles. The van der Waals surface area contributed by atoms with E-state index in [1.54, 1.807) is 12.1 Å². The summed E-state index contributed by atoms with van der Waals surface area (Å²) in [6.07, 6.45) is 0.576. The Morgan fingerprint density at radius 1 is 0.893 bits per heavy atom. The number of sulfonamides is 1. The van der Waals surface area contributed by atoms with Crippen molar-refractivity contribution in [3.05, 3.63) is 59.7 Å². The maximum atomic E-state index is 11.9. The van der Waals surface area contributed by atoms with Gasteiger partial charge in [0.15, 0.2) is 0 Å². The van der Waals surface area contributed by atoms with Gasteiger partial charge in [-0.1, -0.05) is 29.8 Å². The van der Waals surface area contributed by atoms with E-state index in [1.807, 2.05) is 31.2 Å². The predicted octanol–water partition coefficient (Wildman–Crippen LogP) is 1.10. The number of hydrogen-bond acceptors (Lipinski definition) is 5. The number of amides is 2. The monoisotopic (exact) mass is 404 g/mol. The van der Waals surface area contributed by atoms with Crippen LogP contribution in [0.4, 0.5) is 5.69 Å². The largest absolute Gasteiger partial charge is 0.376 e. The summed E-state index contributed by atoms with van der Waals surface area (Å²) >= 11 is 0.